The number of hydrogen-bond donors (Lipinski definition) is 0. The van der Waals surface area contributed by atoms with Crippen molar-refractivity contribution >= 4 is 5.91 Å². The zero-order valence-corrected chi connectivity index (χ0v) is 14.0. The fraction of sp³-hybridized carbons (Fsp3) is 0.611. The fourth-order valence-electron chi connectivity index (χ4n) is 3.82. The van der Waals surface area contributed by atoms with Crippen molar-refractivity contribution in [1.82, 2.24) is 9.80 Å². The van der Waals surface area contributed by atoms with Crippen molar-refractivity contribution in [2.75, 3.05) is 26.2 Å². The lowest BCUT2D eigenvalue weighted by molar-refractivity contribution is -0.137. The first-order valence-electron chi connectivity index (χ1n) is 8.41. The third-order valence-electron chi connectivity index (χ3n) is 5.05. The van der Waals surface area contributed by atoms with Gasteiger partial charge in [-0.15, -0.1) is 0 Å². The summed E-state index contributed by atoms with van der Waals surface area (Å²) in [7, 11) is 0. The molecule has 0 aliphatic carbocycles. The Morgan fingerprint density at radius 1 is 1.08 bits per heavy atom. The number of nitrogens with zero attached hydrogens (tertiary/aromatic N) is 2. The number of hydrogen-bond acceptors (Lipinski definition) is 2. The van der Waals surface area contributed by atoms with Crippen LogP contribution < -0.4 is 0 Å². The molecular formula is C18H23F3N2O. The van der Waals surface area contributed by atoms with E-state index in [0.717, 1.165) is 43.9 Å². The number of fused-ring (bicyclic) bond motifs is 1. The lowest BCUT2D eigenvalue weighted by Gasteiger charge is -2.23. The molecule has 24 heavy (non-hydrogen) atoms. The van der Waals surface area contributed by atoms with Crippen LogP contribution in [0.2, 0.25) is 0 Å². The molecule has 0 aromatic heterocycles. The predicted molar refractivity (Wildman–Crippen MR) is 85.1 cm³/mol. The van der Waals surface area contributed by atoms with Gasteiger partial charge in [-0.1, -0.05) is 26.0 Å². The van der Waals surface area contributed by atoms with Gasteiger partial charge in [0, 0.05) is 38.6 Å². The Morgan fingerprint density at radius 3 is 2.08 bits per heavy atom. The molecule has 2 unspecified atom stereocenters. The van der Waals surface area contributed by atoms with Crippen molar-refractivity contribution in [3.05, 3.63) is 35.4 Å². The standard InChI is InChI=1S/C18H23F3N2O/c1-12(2)17(24)23-10-14-8-22(9-15(14)11-23)7-13-3-5-16(6-4-13)18(19,20)21/h3-6,12,14-15H,7-11H2,1-2H3. The van der Waals surface area contributed by atoms with Crippen molar-refractivity contribution in [3.63, 3.8) is 0 Å². The summed E-state index contributed by atoms with van der Waals surface area (Å²) in [6.45, 7) is 7.96. The van der Waals surface area contributed by atoms with Crippen LogP contribution in [0.3, 0.4) is 0 Å². The molecule has 132 valence electrons. The van der Waals surface area contributed by atoms with E-state index in [-0.39, 0.29) is 11.8 Å². The Balaban J connectivity index is 1.54. The van der Waals surface area contributed by atoms with Crippen molar-refractivity contribution in [2.45, 2.75) is 26.6 Å². The lowest BCUT2D eigenvalue weighted by Crippen LogP contribution is -2.35. The van der Waals surface area contributed by atoms with E-state index < -0.39 is 11.7 Å². The summed E-state index contributed by atoms with van der Waals surface area (Å²) in [6, 6.07) is 5.42. The molecule has 0 radical (unpaired) electrons. The van der Waals surface area contributed by atoms with Crippen molar-refractivity contribution in [3.8, 4) is 0 Å². The molecule has 0 bridgehead atoms. The topological polar surface area (TPSA) is 23.6 Å². The SMILES string of the molecule is CC(C)C(=O)N1CC2CN(Cc3ccc(C(F)(F)F)cc3)CC2C1. The number of amides is 1. The molecule has 3 nitrogen and oxygen atoms in total. The van der Waals surface area contributed by atoms with Crippen molar-refractivity contribution < 1.29 is 18.0 Å². The summed E-state index contributed by atoms with van der Waals surface area (Å²) in [6.07, 6.45) is -4.28. The van der Waals surface area contributed by atoms with E-state index in [9.17, 15) is 18.0 Å². The van der Waals surface area contributed by atoms with Crippen LogP contribution in [-0.4, -0.2) is 41.9 Å². The summed E-state index contributed by atoms with van der Waals surface area (Å²) in [5, 5.41) is 0. The van der Waals surface area contributed by atoms with Gasteiger partial charge in [-0.25, -0.2) is 0 Å². The molecule has 1 aromatic rings. The van der Waals surface area contributed by atoms with Crippen molar-refractivity contribution in [2.24, 2.45) is 17.8 Å². The highest BCUT2D eigenvalue weighted by molar-refractivity contribution is 5.78. The summed E-state index contributed by atoms with van der Waals surface area (Å²) >= 11 is 0. The van der Waals surface area contributed by atoms with E-state index in [2.05, 4.69) is 4.90 Å². The van der Waals surface area contributed by atoms with Gasteiger partial charge in [0.25, 0.3) is 0 Å². The number of benzene rings is 1. The number of carbonyl (C=O) groups is 1. The van der Waals surface area contributed by atoms with Gasteiger partial charge in [-0.3, -0.25) is 9.69 Å². The highest BCUT2D eigenvalue weighted by Crippen LogP contribution is 2.33. The normalized spacial score (nSPS) is 24.7. The monoisotopic (exact) mass is 340 g/mol. The van der Waals surface area contributed by atoms with Crippen LogP contribution in [0.25, 0.3) is 0 Å². The molecule has 2 atom stereocenters. The lowest BCUT2D eigenvalue weighted by atomic mass is 10.0. The van der Waals surface area contributed by atoms with E-state index >= 15 is 0 Å². The number of halogens is 3. The van der Waals surface area contributed by atoms with Gasteiger partial charge < -0.3 is 4.90 Å². The Labute approximate surface area is 140 Å². The van der Waals surface area contributed by atoms with Gasteiger partial charge in [0.2, 0.25) is 5.91 Å². The van der Waals surface area contributed by atoms with E-state index in [0.29, 0.717) is 18.4 Å². The van der Waals surface area contributed by atoms with Gasteiger partial charge >= 0.3 is 6.18 Å². The maximum Gasteiger partial charge on any atom is 0.416 e. The summed E-state index contributed by atoms with van der Waals surface area (Å²) in [5.74, 6) is 1.23. The van der Waals surface area contributed by atoms with E-state index in [1.54, 1.807) is 12.1 Å². The molecule has 0 N–H and O–H groups in total. The molecule has 3 rings (SSSR count). The average Bonchev–Trinajstić information content (AvgIpc) is 3.04. The summed E-state index contributed by atoms with van der Waals surface area (Å²) in [4.78, 5) is 16.3. The van der Waals surface area contributed by atoms with E-state index in [1.165, 1.54) is 0 Å². The van der Waals surface area contributed by atoms with Crippen molar-refractivity contribution in [1.29, 1.82) is 0 Å². The number of likely N-dealkylation sites (tertiary alicyclic amines) is 2. The second-order valence-electron chi connectivity index (χ2n) is 7.31. The second-order valence-corrected chi connectivity index (χ2v) is 7.31. The number of carbonyl (C=O) groups excluding carboxylic acids is 1. The zero-order chi connectivity index (χ0) is 17.5. The molecule has 1 amide bonds. The van der Waals surface area contributed by atoms with Gasteiger partial charge in [-0.05, 0) is 29.5 Å². The Hall–Kier alpha value is -1.56. The molecule has 0 saturated carbocycles. The van der Waals surface area contributed by atoms with Crippen LogP contribution in [0.15, 0.2) is 24.3 Å². The zero-order valence-electron chi connectivity index (χ0n) is 14.0. The molecule has 2 aliphatic heterocycles. The quantitative estimate of drug-likeness (QED) is 0.843. The molecule has 0 spiro atoms. The third-order valence-corrected chi connectivity index (χ3v) is 5.05. The molecular weight excluding hydrogens is 317 g/mol. The summed E-state index contributed by atoms with van der Waals surface area (Å²) < 4.78 is 37.8. The van der Waals surface area contributed by atoms with Crippen LogP contribution in [0.4, 0.5) is 13.2 Å². The summed E-state index contributed by atoms with van der Waals surface area (Å²) in [5.41, 5.74) is 0.297. The minimum Gasteiger partial charge on any atom is -0.342 e. The van der Waals surface area contributed by atoms with Gasteiger partial charge in [0.15, 0.2) is 0 Å². The first-order chi connectivity index (χ1) is 11.2. The maximum atomic E-state index is 12.6. The fourth-order valence-corrected chi connectivity index (χ4v) is 3.82. The average molecular weight is 340 g/mol. The first kappa shape index (κ1) is 17.3. The molecule has 2 fully saturated rings. The molecule has 2 aliphatic rings. The smallest absolute Gasteiger partial charge is 0.342 e. The Morgan fingerprint density at radius 2 is 1.62 bits per heavy atom. The largest absolute Gasteiger partial charge is 0.416 e. The first-order valence-corrected chi connectivity index (χ1v) is 8.41. The van der Waals surface area contributed by atoms with E-state index in [4.69, 9.17) is 0 Å². The van der Waals surface area contributed by atoms with Gasteiger partial charge in [-0.2, -0.15) is 13.2 Å². The minimum absolute atomic E-state index is 0.0343. The number of alkyl halides is 3. The third kappa shape index (κ3) is 3.58. The molecule has 6 heteroatoms. The van der Waals surface area contributed by atoms with Crippen LogP contribution in [-0.2, 0) is 17.5 Å². The van der Waals surface area contributed by atoms with Crippen LogP contribution >= 0.6 is 0 Å². The maximum absolute atomic E-state index is 12.6. The van der Waals surface area contributed by atoms with Gasteiger partial charge in [0.1, 0.15) is 0 Å². The highest BCUT2D eigenvalue weighted by atomic mass is 19.4. The number of rotatable bonds is 3. The van der Waals surface area contributed by atoms with Crippen LogP contribution in [0.1, 0.15) is 25.0 Å². The molecule has 2 heterocycles. The predicted octanol–water partition coefficient (Wildman–Crippen LogP) is 3.25. The van der Waals surface area contributed by atoms with E-state index in [1.807, 2.05) is 18.7 Å². The van der Waals surface area contributed by atoms with Crippen LogP contribution in [0.5, 0.6) is 0 Å². The van der Waals surface area contributed by atoms with Crippen LogP contribution in [0, 0.1) is 17.8 Å². The molecule has 2 saturated heterocycles. The highest BCUT2D eigenvalue weighted by Gasteiger charge is 2.41. The Bertz CT molecular complexity index is 583. The molecule has 1 aromatic carbocycles. The Kier molecular flexibility index (Phi) is 4.60. The van der Waals surface area contributed by atoms with Gasteiger partial charge in [0.05, 0.1) is 5.56 Å². The minimum atomic E-state index is -4.28. The second kappa shape index (κ2) is 6.39.